The molecular formula is C33H44N6O6. The van der Waals surface area contributed by atoms with Crippen molar-refractivity contribution in [1.29, 1.82) is 0 Å². The van der Waals surface area contributed by atoms with Crippen LogP contribution >= 0.6 is 0 Å². The summed E-state index contributed by atoms with van der Waals surface area (Å²) < 4.78 is 5.41. The van der Waals surface area contributed by atoms with E-state index in [1.807, 2.05) is 49.1 Å². The SMILES string of the molecule is CCCCCCOC(=O)N1CCN(C(=O)[C@@H](NC(=O)c2cc(N3C[C@@H]4C(C(=O)O)[C@@H]4C3)nc(-c3ccccc3)n2)C(C)C)CC1. The third-order valence-corrected chi connectivity index (χ3v) is 9.07. The molecule has 12 nitrogen and oxygen atoms in total. The van der Waals surface area contributed by atoms with E-state index in [9.17, 15) is 24.3 Å². The number of hydrogen-bond acceptors (Lipinski definition) is 8. The first-order valence-electron chi connectivity index (χ1n) is 16.1. The van der Waals surface area contributed by atoms with Crippen molar-refractivity contribution in [2.75, 3.05) is 50.8 Å². The molecule has 1 unspecified atom stereocenters. The van der Waals surface area contributed by atoms with Crippen molar-refractivity contribution < 1.29 is 29.0 Å². The van der Waals surface area contributed by atoms with Crippen LogP contribution in [0.1, 0.15) is 56.9 Å². The number of benzene rings is 1. The largest absolute Gasteiger partial charge is 0.481 e. The molecule has 3 amide bonds. The number of nitrogens with zero attached hydrogens (tertiary/aromatic N) is 5. The number of carbonyl (C=O) groups excluding carboxylic acids is 3. The van der Waals surface area contributed by atoms with E-state index in [2.05, 4.69) is 17.2 Å². The highest BCUT2D eigenvalue weighted by molar-refractivity contribution is 5.97. The van der Waals surface area contributed by atoms with Gasteiger partial charge in [-0.2, -0.15) is 0 Å². The topological polar surface area (TPSA) is 145 Å². The fraction of sp³-hybridized carbons (Fsp3) is 0.576. The third kappa shape index (κ3) is 7.54. The first-order valence-corrected chi connectivity index (χ1v) is 16.1. The summed E-state index contributed by atoms with van der Waals surface area (Å²) in [5.74, 6) is -0.872. The minimum absolute atomic E-state index is 0.0750. The molecule has 5 rings (SSSR count). The molecule has 0 radical (unpaired) electrons. The van der Waals surface area contributed by atoms with Crippen molar-refractivity contribution in [3.8, 4) is 11.4 Å². The fourth-order valence-corrected chi connectivity index (χ4v) is 6.32. The van der Waals surface area contributed by atoms with Gasteiger partial charge in [-0.25, -0.2) is 14.8 Å². The zero-order chi connectivity index (χ0) is 32.1. The van der Waals surface area contributed by atoms with Crippen LogP contribution in [0.3, 0.4) is 0 Å². The van der Waals surface area contributed by atoms with Crippen molar-refractivity contribution in [3.05, 3.63) is 42.1 Å². The quantitative estimate of drug-likeness (QED) is 0.341. The lowest BCUT2D eigenvalue weighted by Gasteiger charge is -2.36. The monoisotopic (exact) mass is 620 g/mol. The van der Waals surface area contributed by atoms with Gasteiger partial charge in [0.25, 0.3) is 5.91 Å². The maximum Gasteiger partial charge on any atom is 0.409 e. The number of aromatic nitrogens is 2. The van der Waals surface area contributed by atoms with Crippen LogP contribution in [0.2, 0.25) is 0 Å². The predicted octanol–water partition coefficient (Wildman–Crippen LogP) is 3.53. The number of anilines is 1. The van der Waals surface area contributed by atoms with Gasteiger partial charge in [-0.1, -0.05) is 70.4 Å². The molecule has 1 aromatic heterocycles. The number of hydrogen-bond donors (Lipinski definition) is 2. The van der Waals surface area contributed by atoms with Crippen LogP contribution in [0.15, 0.2) is 36.4 Å². The molecule has 3 heterocycles. The second-order valence-electron chi connectivity index (χ2n) is 12.6. The van der Waals surface area contributed by atoms with E-state index in [4.69, 9.17) is 9.72 Å². The van der Waals surface area contributed by atoms with Crippen molar-refractivity contribution in [1.82, 2.24) is 25.1 Å². The molecule has 2 aliphatic heterocycles. The summed E-state index contributed by atoms with van der Waals surface area (Å²) in [5, 5.41) is 12.4. The van der Waals surface area contributed by atoms with Gasteiger partial charge in [-0.15, -0.1) is 0 Å². The lowest BCUT2D eigenvalue weighted by atomic mass is 10.0. The molecule has 45 heavy (non-hydrogen) atoms. The van der Waals surface area contributed by atoms with Crippen molar-refractivity contribution in [3.63, 3.8) is 0 Å². The normalized spacial score (nSPS) is 21.3. The summed E-state index contributed by atoms with van der Waals surface area (Å²) in [5.41, 5.74) is 0.883. The first-order chi connectivity index (χ1) is 21.7. The van der Waals surface area contributed by atoms with E-state index in [-0.39, 0.29) is 41.4 Å². The molecule has 4 atom stereocenters. The van der Waals surface area contributed by atoms with E-state index in [1.165, 1.54) is 0 Å². The Morgan fingerprint density at radius 2 is 1.62 bits per heavy atom. The summed E-state index contributed by atoms with van der Waals surface area (Å²) in [6, 6.07) is 10.2. The molecule has 2 aromatic rings. The number of fused-ring (bicyclic) bond motifs is 1. The average molecular weight is 621 g/mol. The molecular weight excluding hydrogens is 576 g/mol. The number of aliphatic carboxylic acids is 1. The standard InChI is InChI=1S/C33H44N6O6/c1-4-5-6-10-17-45-33(44)38-15-13-37(14-16-38)31(41)28(21(2)3)36-30(40)25-18-26(35-29(34-25)22-11-8-7-9-12-22)39-19-23-24(20-39)27(23)32(42)43/h7-9,11-12,18,21,23-24,27-28H,4-6,10,13-17,19-20H2,1-3H3,(H,36,40)(H,42,43)/t23-,24+,27?,28-/m0/s1. The molecule has 1 saturated carbocycles. The minimum atomic E-state index is -0.788. The molecule has 12 heteroatoms. The second-order valence-corrected chi connectivity index (χ2v) is 12.6. The molecule has 1 aromatic carbocycles. The second kappa shape index (κ2) is 14.3. The zero-order valence-corrected chi connectivity index (χ0v) is 26.4. The highest BCUT2D eigenvalue weighted by Crippen LogP contribution is 2.52. The Morgan fingerprint density at radius 3 is 2.24 bits per heavy atom. The molecule has 0 spiro atoms. The minimum Gasteiger partial charge on any atom is -0.481 e. The van der Waals surface area contributed by atoms with E-state index >= 15 is 0 Å². The van der Waals surface area contributed by atoms with E-state index in [0.29, 0.717) is 57.5 Å². The van der Waals surface area contributed by atoms with Gasteiger partial charge in [0, 0.05) is 50.9 Å². The number of carboxylic acid groups (broad SMARTS) is 1. The summed E-state index contributed by atoms with van der Waals surface area (Å²) in [7, 11) is 0. The third-order valence-electron chi connectivity index (χ3n) is 9.07. The van der Waals surface area contributed by atoms with E-state index in [1.54, 1.807) is 15.9 Å². The van der Waals surface area contributed by atoms with E-state index in [0.717, 1.165) is 31.2 Å². The average Bonchev–Trinajstić information content (AvgIpc) is 3.57. The molecule has 2 saturated heterocycles. The summed E-state index contributed by atoms with van der Waals surface area (Å²) >= 11 is 0. The number of nitrogens with one attached hydrogen (secondary N) is 1. The maximum absolute atomic E-state index is 13.7. The van der Waals surface area contributed by atoms with Gasteiger partial charge < -0.3 is 29.9 Å². The van der Waals surface area contributed by atoms with Crippen LogP contribution in [-0.2, 0) is 14.3 Å². The molecule has 3 fully saturated rings. The number of carboxylic acids is 1. The van der Waals surface area contributed by atoms with Gasteiger partial charge in [0.15, 0.2) is 5.82 Å². The summed E-state index contributed by atoms with van der Waals surface area (Å²) in [6.07, 6.45) is 3.76. The van der Waals surface area contributed by atoms with Crippen LogP contribution in [-0.4, -0.2) is 101 Å². The van der Waals surface area contributed by atoms with E-state index < -0.39 is 17.9 Å². The Labute approximate surface area is 264 Å². The van der Waals surface area contributed by atoms with Crippen molar-refractivity contribution >= 4 is 29.7 Å². The lowest BCUT2D eigenvalue weighted by Crippen LogP contribution is -2.57. The molecule has 3 aliphatic rings. The number of piperazine rings is 1. The number of carbonyl (C=O) groups is 4. The molecule has 242 valence electrons. The van der Waals surface area contributed by atoms with Crippen LogP contribution in [0.5, 0.6) is 0 Å². The van der Waals surface area contributed by atoms with Gasteiger partial charge in [0.2, 0.25) is 5.91 Å². The van der Waals surface area contributed by atoms with Crippen molar-refractivity contribution in [2.45, 2.75) is 52.5 Å². The Bertz CT molecular complexity index is 1370. The first kappa shape index (κ1) is 32.2. The number of rotatable bonds is 12. The van der Waals surface area contributed by atoms with Gasteiger partial charge in [0.05, 0.1) is 12.5 Å². The Morgan fingerprint density at radius 1 is 0.956 bits per heavy atom. The number of unbranched alkanes of at least 4 members (excludes halogenated alkanes) is 3. The smallest absolute Gasteiger partial charge is 0.409 e. The maximum atomic E-state index is 13.7. The van der Waals surface area contributed by atoms with Gasteiger partial charge in [0.1, 0.15) is 17.6 Å². The van der Waals surface area contributed by atoms with Crippen molar-refractivity contribution in [2.24, 2.45) is 23.7 Å². The number of amides is 3. The molecule has 1 aliphatic carbocycles. The van der Waals surface area contributed by atoms with Crippen LogP contribution in [0.25, 0.3) is 11.4 Å². The summed E-state index contributed by atoms with van der Waals surface area (Å²) in [6.45, 7) is 8.85. The highest BCUT2D eigenvalue weighted by atomic mass is 16.6. The Hall–Kier alpha value is -4.22. The van der Waals surface area contributed by atoms with Crippen LogP contribution in [0, 0.1) is 23.7 Å². The number of piperidine rings is 1. The zero-order valence-electron chi connectivity index (χ0n) is 26.4. The highest BCUT2D eigenvalue weighted by Gasteiger charge is 2.60. The van der Waals surface area contributed by atoms with Crippen LogP contribution < -0.4 is 10.2 Å². The summed E-state index contributed by atoms with van der Waals surface area (Å²) in [4.78, 5) is 65.9. The molecule has 0 bridgehead atoms. The van der Waals surface area contributed by atoms with Crippen LogP contribution in [0.4, 0.5) is 10.6 Å². The Balaban J connectivity index is 1.24. The predicted molar refractivity (Wildman–Crippen MR) is 168 cm³/mol. The lowest BCUT2D eigenvalue weighted by molar-refractivity contribution is -0.139. The fourth-order valence-electron chi connectivity index (χ4n) is 6.32. The number of ether oxygens (including phenoxy) is 1. The van der Waals surface area contributed by atoms with Gasteiger partial charge in [-0.3, -0.25) is 14.4 Å². The van der Waals surface area contributed by atoms with Gasteiger partial charge in [-0.05, 0) is 24.2 Å². The Kier molecular flexibility index (Phi) is 10.2. The molecule has 2 N–H and O–H groups in total. The van der Waals surface area contributed by atoms with Gasteiger partial charge >= 0.3 is 12.1 Å².